The summed E-state index contributed by atoms with van der Waals surface area (Å²) in [5.74, 6) is 0.913. The smallest absolute Gasteiger partial charge is 0.150 e. The number of nitrogens with one attached hydrogen (secondary N) is 2. The van der Waals surface area contributed by atoms with Crippen LogP contribution in [-0.2, 0) is 0 Å². The number of rotatable bonds is 5. The number of hydrogen-bond acceptors (Lipinski definition) is 3. The van der Waals surface area contributed by atoms with Crippen LogP contribution < -0.4 is 10.6 Å². The van der Waals surface area contributed by atoms with Crippen LogP contribution in [-0.4, -0.2) is 16.6 Å². The van der Waals surface area contributed by atoms with E-state index in [1.807, 2.05) is 0 Å². The van der Waals surface area contributed by atoms with Gasteiger partial charge in [-0.15, -0.1) is 0 Å². The Morgan fingerprint density at radius 1 is 1.04 bits per heavy atom. The van der Waals surface area contributed by atoms with E-state index in [1.165, 1.54) is 5.56 Å². The highest BCUT2D eigenvalue weighted by atomic mass is 15.1. The third kappa shape index (κ3) is 4.98. The van der Waals surface area contributed by atoms with Crippen LogP contribution in [0.3, 0.4) is 0 Å². The lowest BCUT2D eigenvalue weighted by atomic mass is 10.1. The number of benzene rings is 1. The van der Waals surface area contributed by atoms with Gasteiger partial charge in [-0.3, -0.25) is 0 Å². The number of pyridine rings is 1. The molecule has 1 unspecified atom stereocenters. The van der Waals surface area contributed by atoms with Gasteiger partial charge >= 0.3 is 0 Å². The van der Waals surface area contributed by atoms with Crippen molar-refractivity contribution in [3.05, 3.63) is 42.0 Å². The van der Waals surface area contributed by atoms with Gasteiger partial charge in [-0.25, -0.2) is 4.98 Å². The first-order chi connectivity index (χ1) is 10.8. The van der Waals surface area contributed by atoms with Crippen molar-refractivity contribution in [1.29, 1.82) is 0 Å². The summed E-state index contributed by atoms with van der Waals surface area (Å²) in [5.41, 5.74) is 4.42. The van der Waals surface area contributed by atoms with Crippen molar-refractivity contribution in [3.63, 3.8) is 0 Å². The molecule has 1 aromatic heterocycles. The maximum Gasteiger partial charge on any atom is 0.150 e. The molecule has 1 heterocycles. The summed E-state index contributed by atoms with van der Waals surface area (Å²) in [6.45, 7) is 12.9. The van der Waals surface area contributed by atoms with E-state index in [-0.39, 0.29) is 5.54 Å². The van der Waals surface area contributed by atoms with Gasteiger partial charge in [-0.1, -0.05) is 36.8 Å². The number of hydrogen-bond donors (Lipinski definition) is 2. The molecule has 124 valence electrons. The monoisotopic (exact) mass is 311 g/mol. The summed E-state index contributed by atoms with van der Waals surface area (Å²) >= 11 is 0. The topological polar surface area (TPSA) is 37.0 Å². The minimum Gasteiger partial charge on any atom is -0.380 e. The Hall–Kier alpha value is -2.03. The van der Waals surface area contributed by atoms with Crippen molar-refractivity contribution in [2.75, 3.05) is 10.6 Å². The van der Waals surface area contributed by atoms with Gasteiger partial charge < -0.3 is 10.6 Å². The lowest BCUT2D eigenvalue weighted by Crippen LogP contribution is -2.28. The molecule has 1 atom stereocenters. The first-order valence-electron chi connectivity index (χ1n) is 8.41. The predicted molar refractivity (Wildman–Crippen MR) is 101 cm³/mol. The van der Waals surface area contributed by atoms with Crippen molar-refractivity contribution < 1.29 is 0 Å². The zero-order chi connectivity index (χ0) is 17.0. The van der Waals surface area contributed by atoms with Gasteiger partial charge in [0.15, 0.2) is 5.82 Å². The fraction of sp³-hybridized carbons (Fsp3) is 0.450. The molecule has 0 radical (unpaired) electrons. The molecule has 2 aromatic rings. The quantitative estimate of drug-likeness (QED) is 0.768. The lowest BCUT2D eigenvalue weighted by molar-refractivity contribution is 0.630. The molecule has 3 heteroatoms. The fourth-order valence-electron chi connectivity index (χ4n) is 2.28. The third-order valence-electron chi connectivity index (χ3n) is 3.75. The maximum atomic E-state index is 4.87. The molecular formula is C20H29N3. The molecule has 2 N–H and O–H groups in total. The second kappa shape index (κ2) is 7.03. The Labute approximate surface area is 140 Å². The molecule has 0 aliphatic heterocycles. The van der Waals surface area contributed by atoms with Crippen LogP contribution in [0.1, 0.15) is 46.6 Å². The highest BCUT2D eigenvalue weighted by Gasteiger charge is 2.15. The summed E-state index contributed by atoms with van der Waals surface area (Å²) in [7, 11) is 0. The van der Waals surface area contributed by atoms with E-state index in [0.717, 1.165) is 29.2 Å². The standard InChI is InChI=1S/C20H29N3/c1-7-15(3)21-18-13-12-17(16-10-8-14(2)9-11-16)22-19(18)23-20(4,5)6/h8-13,15,21H,7H2,1-6H3,(H,22,23). The number of aromatic nitrogens is 1. The van der Waals surface area contributed by atoms with Crippen LogP contribution in [0.25, 0.3) is 11.3 Å². The van der Waals surface area contributed by atoms with Gasteiger partial charge in [0.25, 0.3) is 0 Å². The molecule has 3 nitrogen and oxygen atoms in total. The Balaban J connectivity index is 2.39. The first-order valence-corrected chi connectivity index (χ1v) is 8.41. The molecule has 0 saturated heterocycles. The zero-order valence-corrected chi connectivity index (χ0v) is 15.2. The molecular weight excluding hydrogens is 282 g/mol. The molecule has 1 aromatic carbocycles. The molecule has 0 aliphatic rings. The minimum atomic E-state index is -0.0369. The van der Waals surface area contributed by atoms with E-state index < -0.39 is 0 Å². The number of aryl methyl sites for hydroxylation is 1. The molecule has 0 fully saturated rings. The first kappa shape index (κ1) is 17.3. The number of anilines is 2. The van der Waals surface area contributed by atoms with Crippen molar-refractivity contribution in [3.8, 4) is 11.3 Å². The highest BCUT2D eigenvalue weighted by Crippen LogP contribution is 2.28. The predicted octanol–water partition coefficient (Wildman–Crippen LogP) is 5.48. The summed E-state index contributed by atoms with van der Waals surface area (Å²) in [6, 6.07) is 13.1. The van der Waals surface area contributed by atoms with Crippen molar-refractivity contribution >= 4 is 11.5 Å². The normalized spacial score (nSPS) is 12.8. The Kier molecular flexibility index (Phi) is 5.30. The number of nitrogens with zero attached hydrogens (tertiary/aromatic N) is 1. The molecule has 0 saturated carbocycles. The summed E-state index contributed by atoms with van der Waals surface area (Å²) in [5, 5.41) is 7.07. The van der Waals surface area contributed by atoms with Gasteiger partial charge in [0, 0.05) is 17.1 Å². The Morgan fingerprint density at radius 3 is 2.26 bits per heavy atom. The van der Waals surface area contributed by atoms with E-state index in [1.54, 1.807) is 0 Å². The molecule has 0 amide bonds. The summed E-state index contributed by atoms with van der Waals surface area (Å²) < 4.78 is 0. The lowest BCUT2D eigenvalue weighted by Gasteiger charge is -2.25. The van der Waals surface area contributed by atoms with Gasteiger partial charge in [0.2, 0.25) is 0 Å². The largest absolute Gasteiger partial charge is 0.380 e. The highest BCUT2D eigenvalue weighted by molar-refractivity contribution is 5.71. The molecule has 0 aliphatic carbocycles. The van der Waals surface area contributed by atoms with Gasteiger partial charge in [-0.05, 0) is 53.2 Å². The Bertz CT molecular complexity index is 639. The molecule has 23 heavy (non-hydrogen) atoms. The molecule has 0 bridgehead atoms. The summed E-state index contributed by atoms with van der Waals surface area (Å²) in [4.78, 5) is 4.87. The van der Waals surface area contributed by atoms with Crippen molar-refractivity contribution in [2.45, 2.75) is 59.5 Å². The van der Waals surface area contributed by atoms with Gasteiger partial charge in [0.05, 0.1) is 11.4 Å². The van der Waals surface area contributed by atoms with Crippen LogP contribution in [0.2, 0.25) is 0 Å². The molecule has 0 spiro atoms. The average Bonchev–Trinajstić information content (AvgIpc) is 2.48. The van der Waals surface area contributed by atoms with Crippen LogP contribution in [0, 0.1) is 6.92 Å². The van der Waals surface area contributed by atoms with Crippen LogP contribution >= 0.6 is 0 Å². The van der Waals surface area contributed by atoms with E-state index in [2.05, 4.69) is 88.6 Å². The maximum absolute atomic E-state index is 4.87. The molecule has 2 rings (SSSR count). The van der Waals surface area contributed by atoms with Crippen LogP contribution in [0.5, 0.6) is 0 Å². The van der Waals surface area contributed by atoms with Crippen LogP contribution in [0.4, 0.5) is 11.5 Å². The van der Waals surface area contributed by atoms with E-state index >= 15 is 0 Å². The third-order valence-corrected chi connectivity index (χ3v) is 3.75. The van der Waals surface area contributed by atoms with Crippen molar-refractivity contribution in [1.82, 2.24) is 4.98 Å². The van der Waals surface area contributed by atoms with Gasteiger partial charge in [-0.2, -0.15) is 0 Å². The van der Waals surface area contributed by atoms with E-state index in [9.17, 15) is 0 Å². The summed E-state index contributed by atoms with van der Waals surface area (Å²) in [6.07, 6.45) is 1.08. The second-order valence-electron chi connectivity index (χ2n) is 7.29. The fourth-order valence-corrected chi connectivity index (χ4v) is 2.28. The Morgan fingerprint density at radius 2 is 1.70 bits per heavy atom. The van der Waals surface area contributed by atoms with Crippen molar-refractivity contribution in [2.24, 2.45) is 0 Å². The SMILES string of the molecule is CCC(C)Nc1ccc(-c2ccc(C)cc2)nc1NC(C)(C)C. The second-order valence-corrected chi connectivity index (χ2v) is 7.29. The zero-order valence-electron chi connectivity index (χ0n) is 15.2. The van der Waals surface area contributed by atoms with E-state index in [0.29, 0.717) is 6.04 Å². The minimum absolute atomic E-state index is 0.0369. The van der Waals surface area contributed by atoms with E-state index in [4.69, 9.17) is 4.98 Å². The van der Waals surface area contributed by atoms with Gasteiger partial charge in [0.1, 0.15) is 0 Å². The average molecular weight is 311 g/mol. The van der Waals surface area contributed by atoms with Crippen LogP contribution in [0.15, 0.2) is 36.4 Å².